The lowest BCUT2D eigenvalue weighted by molar-refractivity contribution is 0.0760. The summed E-state index contributed by atoms with van der Waals surface area (Å²) < 4.78 is 27.1. The first-order valence-electron chi connectivity index (χ1n) is 10.1. The highest BCUT2D eigenvalue weighted by Crippen LogP contribution is 2.19. The number of amides is 1. The van der Waals surface area contributed by atoms with Crippen LogP contribution in [0.15, 0.2) is 53.4 Å². The molecular formula is C22H29N3O3S. The SMILES string of the molecule is CCNS(=O)(=O)c1ccc(C)c(C(=O)N2CCCN(Cc3ccccc3)CC2)c1. The average Bonchev–Trinajstić information content (AvgIpc) is 2.94. The van der Waals surface area contributed by atoms with E-state index in [0.29, 0.717) is 25.2 Å². The largest absolute Gasteiger partial charge is 0.337 e. The standard InChI is InChI=1S/C22H29N3O3S/c1-3-23-29(27,28)20-11-10-18(2)21(16-20)22(26)25-13-7-12-24(14-15-25)17-19-8-5-4-6-9-19/h4-6,8-11,16,23H,3,7,12-15,17H2,1-2H3. The molecule has 0 radical (unpaired) electrons. The third kappa shape index (κ3) is 5.44. The Bertz CT molecular complexity index is 945. The maximum absolute atomic E-state index is 13.2. The van der Waals surface area contributed by atoms with E-state index < -0.39 is 10.0 Å². The van der Waals surface area contributed by atoms with Crippen molar-refractivity contribution in [2.24, 2.45) is 0 Å². The highest BCUT2D eigenvalue weighted by atomic mass is 32.2. The normalized spacial score (nSPS) is 15.9. The zero-order chi connectivity index (χ0) is 20.9. The van der Waals surface area contributed by atoms with Gasteiger partial charge in [-0.1, -0.05) is 43.3 Å². The van der Waals surface area contributed by atoms with Gasteiger partial charge in [0.05, 0.1) is 4.90 Å². The minimum Gasteiger partial charge on any atom is -0.337 e. The van der Waals surface area contributed by atoms with Crippen LogP contribution in [0, 0.1) is 6.92 Å². The fourth-order valence-corrected chi connectivity index (χ4v) is 4.68. The van der Waals surface area contributed by atoms with Crippen LogP contribution in [0.1, 0.15) is 34.8 Å². The monoisotopic (exact) mass is 415 g/mol. The Kier molecular flexibility index (Phi) is 7.05. The predicted octanol–water partition coefficient (Wildman–Crippen LogP) is 2.64. The first kappa shape index (κ1) is 21.5. The number of hydrogen-bond acceptors (Lipinski definition) is 4. The maximum atomic E-state index is 13.2. The number of rotatable bonds is 6. The van der Waals surface area contributed by atoms with E-state index in [1.54, 1.807) is 19.1 Å². The first-order valence-corrected chi connectivity index (χ1v) is 11.5. The summed E-state index contributed by atoms with van der Waals surface area (Å²) in [5, 5.41) is 0. The summed E-state index contributed by atoms with van der Waals surface area (Å²) in [7, 11) is -3.59. The molecular weight excluding hydrogens is 386 g/mol. The van der Waals surface area contributed by atoms with Crippen molar-refractivity contribution in [3.8, 4) is 0 Å². The lowest BCUT2D eigenvalue weighted by Crippen LogP contribution is -2.35. The van der Waals surface area contributed by atoms with Crippen LogP contribution in [-0.4, -0.2) is 56.8 Å². The van der Waals surface area contributed by atoms with Gasteiger partial charge in [0, 0.05) is 44.8 Å². The second-order valence-electron chi connectivity index (χ2n) is 7.39. The molecule has 2 aromatic rings. The average molecular weight is 416 g/mol. The van der Waals surface area contributed by atoms with Crippen LogP contribution in [0.4, 0.5) is 0 Å². The molecule has 0 unspecified atom stereocenters. The van der Waals surface area contributed by atoms with Crippen molar-refractivity contribution < 1.29 is 13.2 Å². The molecule has 1 heterocycles. The van der Waals surface area contributed by atoms with Gasteiger partial charge in [0.2, 0.25) is 10.0 Å². The van der Waals surface area contributed by atoms with E-state index >= 15 is 0 Å². The number of hydrogen-bond donors (Lipinski definition) is 1. The van der Waals surface area contributed by atoms with Gasteiger partial charge in [0.25, 0.3) is 5.91 Å². The summed E-state index contributed by atoms with van der Waals surface area (Å²) in [4.78, 5) is 17.5. The van der Waals surface area contributed by atoms with E-state index in [0.717, 1.165) is 31.6 Å². The Labute approximate surface area is 173 Å². The fourth-order valence-electron chi connectivity index (χ4n) is 3.62. The molecule has 3 rings (SSSR count). The van der Waals surface area contributed by atoms with E-state index in [2.05, 4.69) is 21.8 Å². The second kappa shape index (κ2) is 9.52. The van der Waals surface area contributed by atoms with Crippen LogP contribution in [0.5, 0.6) is 0 Å². The third-order valence-corrected chi connectivity index (χ3v) is 6.75. The van der Waals surface area contributed by atoms with Gasteiger partial charge in [0.1, 0.15) is 0 Å². The molecule has 0 spiro atoms. The highest BCUT2D eigenvalue weighted by molar-refractivity contribution is 7.89. The minimum atomic E-state index is -3.59. The Morgan fingerprint density at radius 3 is 2.52 bits per heavy atom. The number of carbonyl (C=O) groups is 1. The number of benzene rings is 2. The molecule has 7 heteroatoms. The topological polar surface area (TPSA) is 69.7 Å². The number of nitrogens with one attached hydrogen (secondary N) is 1. The van der Waals surface area contributed by atoms with Crippen molar-refractivity contribution in [3.63, 3.8) is 0 Å². The molecule has 1 saturated heterocycles. The summed E-state index contributed by atoms with van der Waals surface area (Å²) >= 11 is 0. The minimum absolute atomic E-state index is 0.0994. The molecule has 0 bridgehead atoms. The second-order valence-corrected chi connectivity index (χ2v) is 9.15. The summed E-state index contributed by atoms with van der Waals surface area (Å²) in [5.74, 6) is -0.0994. The van der Waals surface area contributed by atoms with Crippen LogP contribution in [0.3, 0.4) is 0 Å². The number of carbonyl (C=O) groups excluding carboxylic acids is 1. The van der Waals surface area contributed by atoms with Gasteiger partial charge in [-0.3, -0.25) is 9.69 Å². The summed E-state index contributed by atoms with van der Waals surface area (Å²) in [6.45, 7) is 7.80. The number of aryl methyl sites for hydroxylation is 1. The fraction of sp³-hybridized carbons (Fsp3) is 0.409. The summed E-state index contributed by atoms with van der Waals surface area (Å²) in [6, 6.07) is 15.1. The zero-order valence-electron chi connectivity index (χ0n) is 17.1. The molecule has 156 valence electrons. The number of sulfonamides is 1. The van der Waals surface area contributed by atoms with Crippen LogP contribution in [0.25, 0.3) is 0 Å². The Hall–Kier alpha value is -2.22. The lowest BCUT2D eigenvalue weighted by atomic mass is 10.1. The highest BCUT2D eigenvalue weighted by Gasteiger charge is 2.23. The molecule has 1 amide bonds. The van der Waals surface area contributed by atoms with Gasteiger partial charge in [-0.25, -0.2) is 13.1 Å². The molecule has 0 atom stereocenters. The van der Waals surface area contributed by atoms with E-state index in [1.807, 2.05) is 30.0 Å². The number of nitrogens with zero attached hydrogens (tertiary/aromatic N) is 2. The maximum Gasteiger partial charge on any atom is 0.254 e. The van der Waals surface area contributed by atoms with Gasteiger partial charge < -0.3 is 4.90 Å². The third-order valence-electron chi connectivity index (χ3n) is 5.21. The van der Waals surface area contributed by atoms with Crippen molar-refractivity contribution in [1.29, 1.82) is 0 Å². The first-order chi connectivity index (χ1) is 13.9. The van der Waals surface area contributed by atoms with Crippen LogP contribution < -0.4 is 4.72 Å². The quantitative estimate of drug-likeness (QED) is 0.788. The van der Waals surface area contributed by atoms with E-state index in [9.17, 15) is 13.2 Å². The smallest absolute Gasteiger partial charge is 0.254 e. The van der Waals surface area contributed by atoms with Gasteiger partial charge >= 0.3 is 0 Å². The summed E-state index contributed by atoms with van der Waals surface area (Å²) in [5.41, 5.74) is 2.51. The van der Waals surface area contributed by atoms with Crippen LogP contribution in [-0.2, 0) is 16.6 Å². The van der Waals surface area contributed by atoms with Gasteiger partial charge in [0.15, 0.2) is 0 Å². The van der Waals surface area contributed by atoms with Crippen molar-refractivity contribution in [3.05, 3.63) is 65.2 Å². The molecule has 0 saturated carbocycles. The zero-order valence-corrected chi connectivity index (χ0v) is 17.9. The molecule has 1 fully saturated rings. The van der Waals surface area contributed by atoms with Gasteiger partial charge in [-0.15, -0.1) is 0 Å². The van der Waals surface area contributed by atoms with E-state index in [4.69, 9.17) is 0 Å². The molecule has 1 N–H and O–H groups in total. The van der Waals surface area contributed by atoms with Crippen molar-refractivity contribution in [2.75, 3.05) is 32.7 Å². The van der Waals surface area contributed by atoms with Crippen molar-refractivity contribution in [1.82, 2.24) is 14.5 Å². The molecule has 1 aliphatic heterocycles. The molecule has 0 aliphatic carbocycles. The van der Waals surface area contributed by atoms with Crippen LogP contribution in [0.2, 0.25) is 0 Å². The predicted molar refractivity (Wildman–Crippen MR) is 114 cm³/mol. The van der Waals surface area contributed by atoms with Crippen LogP contribution >= 0.6 is 0 Å². The Morgan fingerprint density at radius 1 is 1.03 bits per heavy atom. The molecule has 6 nitrogen and oxygen atoms in total. The molecule has 29 heavy (non-hydrogen) atoms. The Morgan fingerprint density at radius 2 is 1.79 bits per heavy atom. The van der Waals surface area contributed by atoms with Crippen molar-refractivity contribution in [2.45, 2.75) is 31.7 Å². The van der Waals surface area contributed by atoms with Gasteiger partial charge in [-0.2, -0.15) is 0 Å². The lowest BCUT2D eigenvalue weighted by Gasteiger charge is -2.23. The van der Waals surface area contributed by atoms with Crippen molar-refractivity contribution >= 4 is 15.9 Å². The summed E-state index contributed by atoms with van der Waals surface area (Å²) in [6.07, 6.45) is 0.896. The van der Waals surface area contributed by atoms with E-state index in [-0.39, 0.29) is 10.8 Å². The molecule has 1 aliphatic rings. The molecule has 2 aromatic carbocycles. The Balaban J connectivity index is 1.72. The van der Waals surface area contributed by atoms with E-state index in [1.165, 1.54) is 11.6 Å². The van der Waals surface area contributed by atoms with Gasteiger partial charge in [-0.05, 0) is 36.6 Å². The molecule has 0 aromatic heterocycles.